The van der Waals surface area contributed by atoms with Gasteiger partial charge in [-0.1, -0.05) is 12.1 Å². The molecule has 0 amide bonds. The zero-order valence-electron chi connectivity index (χ0n) is 14.0. The summed E-state index contributed by atoms with van der Waals surface area (Å²) in [6, 6.07) is 7.14. The maximum Gasteiger partial charge on any atom is 0.191 e. The lowest BCUT2D eigenvalue weighted by molar-refractivity contribution is 0.474. The summed E-state index contributed by atoms with van der Waals surface area (Å²) in [5, 5.41) is 15.8. The number of rotatable bonds is 8. The molecule has 1 rings (SSSR count). The standard InChI is InChI=1S/C16H27N3O3S/c1-4-17-16(19-13(2)9-11-23(3,21)22)18-10-8-14-6-5-7-15(20)12-14/h5-7,12-13,20H,4,8-11H2,1-3H3,(H2,17,18,19). The van der Waals surface area contributed by atoms with Crippen molar-refractivity contribution in [2.75, 3.05) is 25.1 Å². The van der Waals surface area contributed by atoms with Gasteiger partial charge in [-0.3, -0.25) is 4.99 Å². The molecule has 0 aliphatic rings. The molecule has 1 aromatic carbocycles. The molecule has 0 aliphatic carbocycles. The van der Waals surface area contributed by atoms with Crippen molar-refractivity contribution in [2.24, 2.45) is 4.99 Å². The number of nitrogens with one attached hydrogen (secondary N) is 2. The highest BCUT2D eigenvalue weighted by Gasteiger charge is 2.09. The van der Waals surface area contributed by atoms with E-state index in [1.54, 1.807) is 12.1 Å². The van der Waals surface area contributed by atoms with Crippen LogP contribution in [-0.2, 0) is 16.3 Å². The zero-order chi connectivity index (χ0) is 17.3. The minimum absolute atomic E-state index is 0.0169. The Morgan fingerprint density at radius 1 is 1.39 bits per heavy atom. The molecule has 130 valence electrons. The Labute approximate surface area is 138 Å². The number of guanidine groups is 1. The van der Waals surface area contributed by atoms with Crippen molar-refractivity contribution in [3.8, 4) is 5.75 Å². The number of hydrogen-bond acceptors (Lipinski definition) is 4. The van der Waals surface area contributed by atoms with E-state index in [0.29, 0.717) is 18.9 Å². The molecule has 3 N–H and O–H groups in total. The van der Waals surface area contributed by atoms with Crippen LogP contribution < -0.4 is 10.6 Å². The zero-order valence-corrected chi connectivity index (χ0v) is 14.9. The molecule has 0 aliphatic heterocycles. The first-order chi connectivity index (χ1) is 10.8. The van der Waals surface area contributed by atoms with Gasteiger partial charge in [-0.25, -0.2) is 8.42 Å². The van der Waals surface area contributed by atoms with Gasteiger partial charge >= 0.3 is 0 Å². The molecule has 1 unspecified atom stereocenters. The lowest BCUT2D eigenvalue weighted by Crippen LogP contribution is -2.43. The molecule has 0 aromatic heterocycles. The largest absolute Gasteiger partial charge is 0.508 e. The number of nitrogens with zero attached hydrogens (tertiary/aromatic N) is 1. The summed E-state index contributed by atoms with van der Waals surface area (Å²) < 4.78 is 22.4. The van der Waals surface area contributed by atoms with Gasteiger partial charge in [0.2, 0.25) is 0 Å². The lowest BCUT2D eigenvalue weighted by Gasteiger charge is -2.17. The fourth-order valence-electron chi connectivity index (χ4n) is 2.03. The average Bonchev–Trinajstić information content (AvgIpc) is 2.45. The molecular weight excluding hydrogens is 314 g/mol. The summed E-state index contributed by atoms with van der Waals surface area (Å²) in [6.45, 7) is 5.23. The van der Waals surface area contributed by atoms with Crippen molar-refractivity contribution < 1.29 is 13.5 Å². The van der Waals surface area contributed by atoms with Crippen LogP contribution in [0, 0.1) is 0 Å². The highest BCUT2D eigenvalue weighted by Crippen LogP contribution is 2.11. The molecule has 0 bridgehead atoms. The summed E-state index contributed by atoms with van der Waals surface area (Å²) in [7, 11) is -2.95. The van der Waals surface area contributed by atoms with Gasteiger partial charge in [-0.2, -0.15) is 0 Å². The Morgan fingerprint density at radius 3 is 2.74 bits per heavy atom. The molecule has 6 nitrogen and oxygen atoms in total. The van der Waals surface area contributed by atoms with E-state index >= 15 is 0 Å². The third kappa shape index (κ3) is 9.07. The number of benzene rings is 1. The topological polar surface area (TPSA) is 90.8 Å². The van der Waals surface area contributed by atoms with E-state index in [1.807, 2.05) is 26.0 Å². The molecule has 7 heteroatoms. The molecule has 0 fully saturated rings. The van der Waals surface area contributed by atoms with Crippen LogP contribution in [0.3, 0.4) is 0 Å². The Morgan fingerprint density at radius 2 is 2.13 bits per heavy atom. The van der Waals surface area contributed by atoms with Crippen molar-refractivity contribution in [2.45, 2.75) is 32.7 Å². The first-order valence-electron chi connectivity index (χ1n) is 7.80. The summed E-state index contributed by atoms with van der Waals surface area (Å²) in [4.78, 5) is 4.49. The first-order valence-corrected chi connectivity index (χ1v) is 9.86. The van der Waals surface area contributed by atoms with Crippen molar-refractivity contribution in [1.29, 1.82) is 0 Å². The molecule has 0 spiro atoms. The van der Waals surface area contributed by atoms with Crippen molar-refractivity contribution >= 4 is 15.8 Å². The van der Waals surface area contributed by atoms with Crippen LogP contribution in [0.4, 0.5) is 0 Å². The highest BCUT2D eigenvalue weighted by atomic mass is 32.2. The minimum Gasteiger partial charge on any atom is -0.508 e. The number of aromatic hydroxyl groups is 1. The second-order valence-corrected chi connectivity index (χ2v) is 7.90. The minimum atomic E-state index is -2.95. The van der Waals surface area contributed by atoms with Crippen molar-refractivity contribution in [3.05, 3.63) is 29.8 Å². The number of sulfone groups is 1. The van der Waals surface area contributed by atoms with E-state index in [9.17, 15) is 13.5 Å². The van der Waals surface area contributed by atoms with Gasteiger partial charge in [0.1, 0.15) is 15.6 Å². The smallest absolute Gasteiger partial charge is 0.191 e. The van der Waals surface area contributed by atoms with Gasteiger partial charge in [0.15, 0.2) is 5.96 Å². The SMILES string of the molecule is CCNC(=NCCc1cccc(O)c1)NC(C)CCS(C)(=O)=O. The first kappa shape index (κ1) is 19.3. The van der Waals surface area contributed by atoms with Crippen molar-refractivity contribution in [3.63, 3.8) is 0 Å². The summed E-state index contributed by atoms with van der Waals surface area (Å²) in [6.07, 6.45) is 2.51. The molecule has 23 heavy (non-hydrogen) atoms. The molecule has 0 saturated carbocycles. The van der Waals surface area contributed by atoms with E-state index in [0.717, 1.165) is 18.5 Å². The Balaban J connectivity index is 2.52. The molecule has 0 heterocycles. The van der Waals surface area contributed by atoms with E-state index in [1.165, 1.54) is 6.26 Å². The van der Waals surface area contributed by atoms with Crippen LogP contribution in [0.1, 0.15) is 25.8 Å². The van der Waals surface area contributed by atoms with Gasteiger partial charge in [0.25, 0.3) is 0 Å². The van der Waals surface area contributed by atoms with Crippen LogP contribution in [0.15, 0.2) is 29.3 Å². The van der Waals surface area contributed by atoms with Gasteiger partial charge in [-0.05, 0) is 44.4 Å². The second kappa shape index (κ2) is 9.39. The van der Waals surface area contributed by atoms with Gasteiger partial charge in [0, 0.05) is 25.4 Å². The van der Waals surface area contributed by atoms with Gasteiger partial charge in [-0.15, -0.1) is 0 Å². The maximum absolute atomic E-state index is 11.2. The summed E-state index contributed by atoms with van der Waals surface area (Å²) in [5.74, 6) is 1.09. The van der Waals surface area contributed by atoms with Crippen LogP contribution in [0.5, 0.6) is 5.75 Å². The number of phenolic OH excluding ortho intramolecular Hbond substituents is 1. The third-order valence-electron chi connectivity index (χ3n) is 3.23. The lowest BCUT2D eigenvalue weighted by atomic mass is 10.1. The summed E-state index contributed by atoms with van der Waals surface area (Å²) in [5.41, 5.74) is 1.02. The normalized spacial score (nSPS) is 13.6. The summed E-state index contributed by atoms with van der Waals surface area (Å²) >= 11 is 0. The van der Waals surface area contributed by atoms with Crippen LogP contribution in [0.25, 0.3) is 0 Å². The number of hydrogen-bond donors (Lipinski definition) is 3. The quantitative estimate of drug-likeness (QED) is 0.490. The molecule has 0 saturated heterocycles. The molecule has 1 aromatic rings. The fourth-order valence-corrected chi connectivity index (χ4v) is 2.81. The van der Waals surface area contributed by atoms with Gasteiger partial charge < -0.3 is 15.7 Å². The van der Waals surface area contributed by atoms with Crippen LogP contribution in [0.2, 0.25) is 0 Å². The van der Waals surface area contributed by atoms with Gasteiger partial charge in [0.05, 0.1) is 5.75 Å². The third-order valence-corrected chi connectivity index (χ3v) is 4.21. The Kier molecular flexibility index (Phi) is 7.88. The Hall–Kier alpha value is -1.76. The van der Waals surface area contributed by atoms with E-state index in [2.05, 4.69) is 15.6 Å². The van der Waals surface area contributed by atoms with E-state index in [-0.39, 0.29) is 17.5 Å². The monoisotopic (exact) mass is 341 g/mol. The average molecular weight is 341 g/mol. The molecular formula is C16H27N3O3S. The fraction of sp³-hybridized carbons (Fsp3) is 0.562. The maximum atomic E-state index is 11.2. The predicted molar refractivity (Wildman–Crippen MR) is 94.7 cm³/mol. The highest BCUT2D eigenvalue weighted by molar-refractivity contribution is 7.90. The Bertz CT molecular complexity index is 615. The van der Waals surface area contributed by atoms with E-state index < -0.39 is 9.84 Å². The second-order valence-electron chi connectivity index (χ2n) is 5.64. The molecule has 0 radical (unpaired) electrons. The predicted octanol–water partition coefficient (Wildman–Crippen LogP) is 1.31. The number of aliphatic imine (C=N–C) groups is 1. The van der Waals surface area contributed by atoms with Crippen LogP contribution in [-0.4, -0.2) is 50.6 Å². The van der Waals surface area contributed by atoms with Crippen LogP contribution >= 0.6 is 0 Å². The molecule has 1 atom stereocenters. The van der Waals surface area contributed by atoms with E-state index in [4.69, 9.17) is 0 Å². The van der Waals surface area contributed by atoms with Crippen molar-refractivity contribution in [1.82, 2.24) is 10.6 Å². The number of phenols is 1.